The van der Waals surface area contributed by atoms with Crippen LogP contribution in [0.2, 0.25) is 0 Å². The van der Waals surface area contributed by atoms with Crippen molar-refractivity contribution in [1.29, 1.82) is 0 Å². The molecule has 0 aromatic heterocycles. The molecule has 192 valence electrons. The number of carbonyl (C=O) groups is 2. The van der Waals surface area contributed by atoms with Crippen LogP contribution in [0.5, 0.6) is 5.75 Å². The first-order valence-corrected chi connectivity index (χ1v) is 13.5. The number of para-hydroxylation sites is 1. The molecule has 0 atom stereocenters. The molecule has 0 radical (unpaired) electrons. The molecular weight excluding hydrogens is 452 g/mol. The Labute approximate surface area is 214 Å². The van der Waals surface area contributed by atoms with Crippen molar-refractivity contribution >= 4 is 11.8 Å². The van der Waals surface area contributed by atoms with E-state index in [9.17, 15) is 9.59 Å². The second-order valence-corrected chi connectivity index (χ2v) is 10.8. The van der Waals surface area contributed by atoms with Gasteiger partial charge in [0.2, 0.25) is 5.91 Å². The van der Waals surface area contributed by atoms with Crippen molar-refractivity contribution in [1.82, 2.24) is 9.80 Å². The molecule has 2 heterocycles. The maximum Gasteiger partial charge on any atom is 0.257 e. The number of likely N-dealkylation sites (tertiary alicyclic amines) is 1. The third kappa shape index (κ3) is 5.44. The SMILES string of the molecule is CN1CCOCCCCC2(CCN(C(=O)C3Cc4ccccc4C3)CC2)COc2ccccc2C1=O. The van der Waals surface area contributed by atoms with Crippen LogP contribution in [0.3, 0.4) is 0 Å². The van der Waals surface area contributed by atoms with Crippen LogP contribution in [0.25, 0.3) is 0 Å². The lowest BCUT2D eigenvalue weighted by molar-refractivity contribution is -0.138. The third-order valence-corrected chi connectivity index (χ3v) is 8.35. The number of rotatable bonds is 1. The Morgan fingerprint density at radius 2 is 1.58 bits per heavy atom. The van der Waals surface area contributed by atoms with E-state index in [1.807, 2.05) is 31.3 Å². The molecule has 0 unspecified atom stereocenters. The zero-order valence-corrected chi connectivity index (χ0v) is 21.4. The largest absolute Gasteiger partial charge is 0.492 e. The predicted octanol–water partition coefficient (Wildman–Crippen LogP) is 4.36. The first-order valence-electron chi connectivity index (χ1n) is 13.5. The molecule has 1 fully saturated rings. The van der Waals surface area contributed by atoms with Crippen LogP contribution in [-0.2, 0) is 22.4 Å². The van der Waals surface area contributed by atoms with E-state index < -0.39 is 0 Å². The average molecular weight is 491 g/mol. The zero-order chi connectivity index (χ0) is 25.0. The molecule has 36 heavy (non-hydrogen) atoms. The first kappa shape index (κ1) is 24.8. The maximum atomic E-state index is 13.4. The summed E-state index contributed by atoms with van der Waals surface area (Å²) in [6.45, 7) is 3.93. The van der Waals surface area contributed by atoms with Crippen molar-refractivity contribution in [2.75, 3.05) is 46.5 Å². The van der Waals surface area contributed by atoms with Crippen LogP contribution < -0.4 is 4.74 Å². The summed E-state index contributed by atoms with van der Waals surface area (Å²) < 4.78 is 12.2. The van der Waals surface area contributed by atoms with Gasteiger partial charge in [0.05, 0.1) is 18.8 Å². The van der Waals surface area contributed by atoms with Crippen LogP contribution in [-0.4, -0.2) is 68.1 Å². The molecule has 5 rings (SSSR count). The minimum Gasteiger partial charge on any atom is -0.492 e. The monoisotopic (exact) mass is 490 g/mol. The zero-order valence-electron chi connectivity index (χ0n) is 21.4. The predicted molar refractivity (Wildman–Crippen MR) is 139 cm³/mol. The summed E-state index contributed by atoms with van der Waals surface area (Å²) in [4.78, 5) is 30.2. The molecule has 2 amide bonds. The molecule has 2 aromatic rings. The Kier molecular flexibility index (Phi) is 7.61. The van der Waals surface area contributed by atoms with Crippen molar-refractivity contribution in [2.24, 2.45) is 11.3 Å². The maximum absolute atomic E-state index is 13.4. The molecule has 0 saturated carbocycles. The number of fused-ring (bicyclic) bond motifs is 2. The van der Waals surface area contributed by atoms with E-state index in [0.29, 0.717) is 43.6 Å². The summed E-state index contributed by atoms with van der Waals surface area (Å²) in [6, 6.07) is 16.0. The molecule has 1 saturated heterocycles. The highest BCUT2D eigenvalue weighted by Crippen LogP contribution is 2.39. The van der Waals surface area contributed by atoms with Gasteiger partial charge in [-0.15, -0.1) is 0 Å². The summed E-state index contributed by atoms with van der Waals surface area (Å²) in [5, 5.41) is 0. The quantitative estimate of drug-likeness (QED) is 0.596. The Morgan fingerprint density at radius 1 is 0.889 bits per heavy atom. The van der Waals surface area contributed by atoms with Gasteiger partial charge in [-0.2, -0.15) is 0 Å². The van der Waals surface area contributed by atoms with Crippen LogP contribution >= 0.6 is 0 Å². The molecule has 0 N–H and O–H groups in total. The van der Waals surface area contributed by atoms with Crippen LogP contribution in [0.4, 0.5) is 0 Å². The van der Waals surface area contributed by atoms with Gasteiger partial charge in [-0.05, 0) is 61.8 Å². The van der Waals surface area contributed by atoms with Gasteiger partial charge in [0.1, 0.15) is 5.75 Å². The summed E-state index contributed by atoms with van der Waals surface area (Å²) in [5.74, 6) is 0.978. The van der Waals surface area contributed by atoms with Gasteiger partial charge in [0, 0.05) is 44.6 Å². The van der Waals surface area contributed by atoms with E-state index in [2.05, 4.69) is 29.2 Å². The number of benzene rings is 2. The van der Waals surface area contributed by atoms with Gasteiger partial charge in [-0.3, -0.25) is 9.59 Å². The fourth-order valence-electron chi connectivity index (χ4n) is 5.97. The minimum atomic E-state index is -0.0433. The van der Waals surface area contributed by atoms with Crippen molar-refractivity contribution in [3.05, 3.63) is 65.2 Å². The topological polar surface area (TPSA) is 59.1 Å². The van der Waals surface area contributed by atoms with E-state index in [0.717, 1.165) is 58.0 Å². The molecule has 1 aliphatic carbocycles. The van der Waals surface area contributed by atoms with E-state index in [4.69, 9.17) is 9.47 Å². The van der Waals surface area contributed by atoms with E-state index in [1.54, 1.807) is 4.90 Å². The van der Waals surface area contributed by atoms with Crippen LogP contribution in [0, 0.1) is 11.3 Å². The third-order valence-electron chi connectivity index (χ3n) is 8.35. The lowest BCUT2D eigenvalue weighted by Crippen LogP contribution is -2.47. The van der Waals surface area contributed by atoms with Crippen molar-refractivity contribution < 1.29 is 19.1 Å². The summed E-state index contributed by atoms with van der Waals surface area (Å²) >= 11 is 0. The highest BCUT2D eigenvalue weighted by atomic mass is 16.5. The lowest BCUT2D eigenvalue weighted by atomic mass is 9.75. The lowest BCUT2D eigenvalue weighted by Gasteiger charge is -2.42. The fraction of sp³-hybridized carbons (Fsp3) is 0.533. The molecule has 2 aromatic carbocycles. The Morgan fingerprint density at radius 3 is 2.33 bits per heavy atom. The smallest absolute Gasteiger partial charge is 0.257 e. The Balaban J connectivity index is 1.26. The number of ether oxygens (including phenoxy) is 2. The Bertz CT molecular complexity index is 1050. The number of hydrogen-bond donors (Lipinski definition) is 0. The minimum absolute atomic E-state index is 0.00158. The van der Waals surface area contributed by atoms with E-state index >= 15 is 0 Å². The molecule has 6 nitrogen and oxygen atoms in total. The van der Waals surface area contributed by atoms with Crippen molar-refractivity contribution in [3.8, 4) is 5.75 Å². The number of nitrogens with zero attached hydrogens (tertiary/aromatic N) is 2. The second-order valence-electron chi connectivity index (χ2n) is 10.8. The molecule has 1 spiro atoms. The molecule has 2 aliphatic heterocycles. The Hall–Kier alpha value is -2.86. The van der Waals surface area contributed by atoms with E-state index in [-0.39, 0.29) is 17.2 Å². The molecule has 3 aliphatic rings. The molecule has 6 heteroatoms. The van der Waals surface area contributed by atoms with Crippen molar-refractivity contribution in [2.45, 2.75) is 44.9 Å². The molecule has 0 bridgehead atoms. The van der Waals surface area contributed by atoms with Gasteiger partial charge in [-0.1, -0.05) is 42.8 Å². The summed E-state index contributed by atoms with van der Waals surface area (Å²) in [6.07, 6.45) is 6.69. The van der Waals surface area contributed by atoms with Crippen molar-refractivity contribution in [3.63, 3.8) is 0 Å². The highest BCUT2D eigenvalue weighted by molar-refractivity contribution is 5.96. The van der Waals surface area contributed by atoms with Gasteiger partial charge >= 0.3 is 0 Å². The van der Waals surface area contributed by atoms with Gasteiger partial charge in [-0.25, -0.2) is 0 Å². The number of piperidine rings is 1. The first-order chi connectivity index (χ1) is 17.5. The number of amides is 2. The standard InChI is InChI=1S/C30H38N2O4/c1-31-17-19-35-18-7-6-12-30(22-36-27-11-5-4-10-26(27)29(31)34)13-15-32(16-14-30)28(33)25-20-23-8-2-3-9-24(23)21-25/h2-5,8-11,25H,6-7,12-22H2,1H3. The number of likely N-dealkylation sites (N-methyl/N-ethyl adjacent to an activating group) is 1. The van der Waals surface area contributed by atoms with E-state index in [1.165, 1.54) is 11.1 Å². The number of hydrogen-bond acceptors (Lipinski definition) is 4. The van der Waals surface area contributed by atoms with Gasteiger partial charge in [0.25, 0.3) is 5.91 Å². The molecular formula is C30H38N2O4. The van der Waals surface area contributed by atoms with Crippen LogP contribution in [0.1, 0.15) is 53.6 Å². The number of carbonyl (C=O) groups excluding carboxylic acids is 2. The van der Waals surface area contributed by atoms with Gasteiger partial charge in [0.15, 0.2) is 0 Å². The summed E-state index contributed by atoms with van der Waals surface area (Å²) in [7, 11) is 1.81. The normalized spacial score (nSPS) is 21.4. The fourth-order valence-corrected chi connectivity index (χ4v) is 5.97. The second kappa shape index (κ2) is 11.0. The van der Waals surface area contributed by atoms with Gasteiger partial charge < -0.3 is 19.3 Å². The average Bonchev–Trinajstić information content (AvgIpc) is 3.35. The highest BCUT2D eigenvalue weighted by Gasteiger charge is 2.39. The summed E-state index contributed by atoms with van der Waals surface area (Å²) in [5.41, 5.74) is 3.25. The van der Waals surface area contributed by atoms with Crippen LogP contribution in [0.15, 0.2) is 48.5 Å².